The van der Waals surface area contributed by atoms with E-state index in [0.717, 1.165) is 0 Å². The highest BCUT2D eigenvalue weighted by Crippen LogP contribution is 2.20. The zero-order valence-electron chi connectivity index (χ0n) is 18.8. The third-order valence-corrected chi connectivity index (χ3v) is 7.25. The molecular formula is C23H27N3O6S. The number of anilines is 1. The van der Waals surface area contributed by atoms with E-state index in [0.29, 0.717) is 37.4 Å². The molecule has 0 spiro atoms. The number of nitrogens with zero attached hydrogens (tertiary/aromatic N) is 2. The van der Waals surface area contributed by atoms with Crippen molar-refractivity contribution in [2.45, 2.75) is 24.8 Å². The van der Waals surface area contributed by atoms with Gasteiger partial charge in [-0.15, -0.1) is 0 Å². The Morgan fingerprint density at radius 3 is 2.27 bits per heavy atom. The van der Waals surface area contributed by atoms with Crippen molar-refractivity contribution in [1.29, 1.82) is 0 Å². The molecule has 176 valence electrons. The Kier molecular flexibility index (Phi) is 7.62. The van der Waals surface area contributed by atoms with Crippen LogP contribution in [0.25, 0.3) is 0 Å². The maximum Gasteiger partial charge on any atom is 0.338 e. The third kappa shape index (κ3) is 6.04. The SMILES string of the molecule is CC(=O)c1cccc(NC(=O)[C@@H](C)OC(=O)c2cccc(S(=O)(=O)N3CCN(C)CC3)c2)c1. The lowest BCUT2D eigenvalue weighted by Crippen LogP contribution is -2.47. The van der Waals surface area contributed by atoms with Gasteiger partial charge in [0.1, 0.15) is 0 Å². The van der Waals surface area contributed by atoms with Gasteiger partial charge in [-0.05, 0) is 51.2 Å². The van der Waals surface area contributed by atoms with Gasteiger partial charge >= 0.3 is 5.97 Å². The van der Waals surface area contributed by atoms with E-state index >= 15 is 0 Å². The molecule has 1 fully saturated rings. The lowest BCUT2D eigenvalue weighted by molar-refractivity contribution is -0.123. The highest BCUT2D eigenvalue weighted by atomic mass is 32.2. The molecule has 33 heavy (non-hydrogen) atoms. The van der Waals surface area contributed by atoms with Crippen molar-refractivity contribution in [1.82, 2.24) is 9.21 Å². The zero-order chi connectivity index (χ0) is 24.2. The zero-order valence-corrected chi connectivity index (χ0v) is 19.6. The molecule has 10 heteroatoms. The molecule has 0 aromatic heterocycles. The average Bonchev–Trinajstić information content (AvgIpc) is 2.79. The number of carbonyl (C=O) groups is 3. The second-order valence-electron chi connectivity index (χ2n) is 7.91. The van der Waals surface area contributed by atoms with E-state index < -0.39 is 28.0 Å². The number of carbonyl (C=O) groups excluding carboxylic acids is 3. The first-order valence-electron chi connectivity index (χ1n) is 10.5. The number of nitrogens with one attached hydrogen (secondary N) is 1. The predicted octanol–water partition coefficient (Wildman–Crippen LogP) is 2.01. The standard InChI is InChI=1S/C23H27N3O6S/c1-16(27)18-6-4-8-20(14-18)24-22(28)17(2)32-23(29)19-7-5-9-21(15-19)33(30,31)26-12-10-25(3)11-13-26/h4-9,14-15,17H,10-13H2,1-3H3,(H,24,28)/t17-/m1/s1. The second-order valence-corrected chi connectivity index (χ2v) is 9.85. The van der Waals surface area contributed by atoms with E-state index in [4.69, 9.17) is 4.74 Å². The molecule has 1 atom stereocenters. The van der Waals surface area contributed by atoms with Crippen LogP contribution in [-0.2, 0) is 19.6 Å². The lowest BCUT2D eigenvalue weighted by atomic mass is 10.1. The van der Waals surface area contributed by atoms with Crippen LogP contribution in [0.15, 0.2) is 53.4 Å². The molecule has 0 bridgehead atoms. The molecule has 1 amide bonds. The number of benzene rings is 2. The van der Waals surface area contributed by atoms with Gasteiger partial charge in [0, 0.05) is 37.4 Å². The summed E-state index contributed by atoms with van der Waals surface area (Å²) in [5.74, 6) is -1.53. The minimum Gasteiger partial charge on any atom is -0.449 e. The number of hydrogen-bond acceptors (Lipinski definition) is 7. The van der Waals surface area contributed by atoms with Crippen LogP contribution >= 0.6 is 0 Å². The Morgan fingerprint density at radius 2 is 1.61 bits per heavy atom. The lowest BCUT2D eigenvalue weighted by Gasteiger charge is -2.31. The van der Waals surface area contributed by atoms with Crippen molar-refractivity contribution in [3.8, 4) is 0 Å². The molecule has 0 aliphatic carbocycles. The number of amides is 1. The highest BCUT2D eigenvalue weighted by Gasteiger charge is 2.28. The van der Waals surface area contributed by atoms with Gasteiger partial charge in [-0.2, -0.15) is 4.31 Å². The second kappa shape index (κ2) is 10.2. The number of rotatable bonds is 7. The minimum absolute atomic E-state index is 0.000319. The van der Waals surface area contributed by atoms with Crippen molar-refractivity contribution in [2.24, 2.45) is 0 Å². The average molecular weight is 474 g/mol. The molecule has 1 aliphatic rings. The van der Waals surface area contributed by atoms with E-state index in [2.05, 4.69) is 5.32 Å². The van der Waals surface area contributed by atoms with E-state index in [1.807, 2.05) is 11.9 Å². The number of ether oxygens (including phenoxy) is 1. The van der Waals surface area contributed by atoms with Crippen LogP contribution in [0.4, 0.5) is 5.69 Å². The van der Waals surface area contributed by atoms with Gasteiger partial charge in [-0.3, -0.25) is 9.59 Å². The Labute approximate surface area is 193 Å². The maximum atomic E-state index is 12.9. The van der Waals surface area contributed by atoms with Gasteiger partial charge < -0.3 is 15.0 Å². The van der Waals surface area contributed by atoms with Crippen LogP contribution in [0.5, 0.6) is 0 Å². The number of ketones is 1. The fraction of sp³-hybridized carbons (Fsp3) is 0.348. The van der Waals surface area contributed by atoms with Crippen molar-refractivity contribution in [3.63, 3.8) is 0 Å². The normalized spacial score (nSPS) is 16.1. The van der Waals surface area contributed by atoms with E-state index in [1.165, 1.54) is 48.5 Å². The number of Topliss-reactive ketones (excluding diaryl/α,β-unsaturated/α-hetero) is 1. The number of hydrogen-bond donors (Lipinski definition) is 1. The molecule has 2 aromatic rings. The summed E-state index contributed by atoms with van der Waals surface area (Å²) in [6.07, 6.45) is -1.14. The van der Waals surface area contributed by atoms with E-state index in [9.17, 15) is 22.8 Å². The summed E-state index contributed by atoms with van der Waals surface area (Å²) in [6.45, 7) is 4.83. The molecule has 9 nitrogen and oxygen atoms in total. The quantitative estimate of drug-likeness (QED) is 0.483. The van der Waals surface area contributed by atoms with Crippen LogP contribution in [0, 0.1) is 0 Å². The van der Waals surface area contributed by atoms with Crippen LogP contribution in [0.3, 0.4) is 0 Å². The van der Waals surface area contributed by atoms with Gasteiger partial charge in [0.05, 0.1) is 10.5 Å². The Balaban J connectivity index is 1.67. The van der Waals surface area contributed by atoms with Gasteiger partial charge in [0.25, 0.3) is 5.91 Å². The largest absolute Gasteiger partial charge is 0.449 e. The van der Waals surface area contributed by atoms with E-state index in [1.54, 1.807) is 18.2 Å². The summed E-state index contributed by atoms with van der Waals surface area (Å²) in [5.41, 5.74) is 0.870. The van der Waals surface area contributed by atoms with Crippen LogP contribution in [0.2, 0.25) is 0 Å². The first-order valence-corrected chi connectivity index (χ1v) is 11.9. The minimum atomic E-state index is -3.75. The third-order valence-electron chi connectivity index (χ3n) is 5.36. The molecule has 2 aromatic carbocycles. The summed E-state index contributed by atoms with van der Waals surface area (Å²) in [4.78, 5) is 38.6. The molecule has 1 aliphatic heterocycles. The van der Waals surface area contributed by atoms with Gasteiger partial charge in [0.15, 0.2) is 11.9 Å². The topological polar surface area (TPSA) is 113 Å². The molecule has 1 N–H and O–H groups in total. The number of esters is 1. The summed E-state index contributed by atoms with van der Waals surface area (Å²) in [6, 6.07) is 12.0. The van der Waals surface area contributed by atoms with Gasteiger partial charge in [-0.1, -0.05) is 18.2 Å². The maximum absolute atomic E-state index is 12.9. The van der Waals surface area contributed by atoms with Crippen LogP contribution in [0.1, 0.15) is 34.6 Å². The van der Waals surface area contributed by atoms with Crippen molar-refractivity contribution in [3.05, 3.63) is 59.7 Å². The molecule has 1 heterocycles. The Bertz CT molecular complexity index is 1160. The summed E-state index contributed by atoms with van der Waals surface area (Å²) >= 11 is 0. The molecule has 0 radical (unpaired) electrons. The number of piperazine rings is 1. The monoisotopic (exact) mass is 473 g/mol. The fourth-order valence-corrected chi connectivity index (χ4v) is 4.77. The first kappa shape index (κ1) is 24.6. The van der Waals surface area contributed by atoms with Gasteiger partial charge in [-0.25, -0.2) is 13.2 Å². The molecule has 1 saturated heterocycles. The Morgan fingerprint density at radius 1 is 0.970 bits per heavy atom. The smallest absolute Gasteiger partial charge is 0.338 e. The molecule has 0 saturated carbocycles. The highest BCUT2D eigenvalue weighted by molar-refractivity contribution is 7.89. The van der Waals surface area contributed by atoms with Gasteiger partial charge in [0.2, 0.25) is 10.0 Å². The van der Waals surface area contributed by atoms with Crippen molar-refractivity contribution in [2.75, 3.05) is 38.5 Å². The van der Waals surface area contributed by atoms with Crippen molar-refractivity contribution < 1.29 is 27.5 Å². The van der Waals surface area contributed by atoms with Crippen LogP contribution < -0.4 is 5.32 Å². The van der Waals surface area contributed by atoms with E-state index in [-0.39, 0.29) is 16.2 Å². The summed E-state index contributed by atoms with van der Waals surface area (Å²) in [7, 11) is -1.82. The van der Waals surface area contributed by atoms with Crippen LogP contribution in [-0.4, -0.2) is 74.6 Å². The number of sulfonamides is 1. The molecule has 0 unspecified atom stereocenters. The fourth-order valence-electron chi connectivity index (χ4n) is 3.30. The summed E-state index contributed by atoms with van der Waals surface area (Å²) < 4.78 is 32.5. The number of likely N-dealkylation sites (N-methyl/N-ethyl adjacent to an activating group) is 1. The van der Waals surface area contributed by atoms with Crippen molar-refractivity contribution >= 4 is 33.4 Å². The molecular weight excluding hydrogens is 446 g/mol. The molecule has 3 rings (SSSR count). The predicted molar refractivity (Wildman–Crippen MR) is 123 cm³/mol. The first-order chi connectivity index (χ1) is 15.6. The Hall–Kier alpha value is -3.08. The summed E-state index contributed by atoms with van der Waals surface area (Å²) in [5, 5.41) is 2.60.